The van der Waals surface area contributed by atoms with E-state index in [1.54, 1.807) is 18.0 Å². The van der Waals surface area contributed by atoms with E-state index in [1.807, 2.05) is 13.0 Å². The van der Waals surface area contributed by atoms with Crippen LogP contribution in [0.25, 0.3) is 0 Å². The van der Waals surface area contributed by atoms with E-state index in [9.17, 15) is 9.18 Å². The highest BCUT2D eigenvalue weighted by atomic mass is 32.2. The fraction of sp³-hybridized carbons (Fsp3) is 0.471. The van der Waals surface area contributed by atoms with Gasteiger partial charge in [0.2, 0.25) is 11.0 Å². The Labute approximate surface area is 160 Å². The summed E-state index contributed by atoms with van der Waals surface area (Å²) >= 11 is 2.89. The summed E-state index contributed by atoms with van der Waals surface area (Å²) in [6.45, 7) is 5.24. The van der Waals surface area contributed by atoms with Gasteiger partial charge in [-0.05, 0) is 24.6 Å². The SMILES string of the molecule is CC(Sc1nnc(N2CCOCC2)s1)C(=O)N(C)Cc1cccc(F)c1. The Hall–Kier alpha value is -1.71. The number of amides is 1. The van der Waals surface area contributed by atoms with Crippen molar-refractivity contribution in [3.8, 4) is 0 Å². The largest absolute Gasteiger partial charge is 0.378 e. The first-order valence-electron chi connectivity index (χ1n) is 8.35. The Balaban J connectivity index is 1.56. The summed E-state index contributed by atoms with van der Waals surface area (Å²) in [6.07, 6.45) is 0. The van der Waals surface area contributed by atoms with Gasteiger partial charge in [-0.2, -0.15) is 0 Å². The minimum absolute atomic E-state index is 0.0256. The van der Waals surface area contributed by atoms with Crippen LogP contribution in [0.5, 0.6) is 0 Å². The van der Waals surface area contributed by atoms with Crippen LogP contribution < -0.4 is 4.90 Å². The predicted octanol–water partition coefficient (Wildman–Crippen LogP) is 2.65. The molecule has 0 N–H and O–H groups in total. The van der Waals surface area contributed by atoms with Crippen LogP contribution in [0.15, 0.2) is 28.6 Å². The highest BCUT2D eigenvalue weighted by Gasteiger charge is 2.22. The summed E-state index contributed by atoms with van der Waals surface area (Å²) in [4.78, 5) is 16.3. The van der Waals surface area contributed by atoms with Gasteiger partial charge in [0.1, 0.15) is 5.82 Å². The number of halogens is 1. The molecule has 6 nitrogen and oxygen atoms in total. The minimum Gasteiger partial charge on any atom is -0.378 e. The zero-order valence-corrected chi connectivity index (χ0v) is 16.4. The molecule has 1 aliphatic rings. The van der Waals surface area contributed by atoms with Crippen molar-refractivity contribution in [2.24, 2.45) is 0 Å². The van der Waals surface area contributed by atoms with Crippen LogP contribution in [0.4, 0.5) is 9.52 Å². The molecule has 1 atom stereocenters. The third kappa shape index (κ3) is 4.93. The molecule has 0 aliphatic carbocycles. The molecule has 2 heterocycles. The molecule has 1 amide bonds. The van der Waals surface area contributed by atoms with Gasteiger partial charge in [0.15, 0.2) is 4.34 Å². The summed E-state index contributed by atoms with van der Waals surface area (Å²) < 4.78 is 19.4. The van der Waals surface area contributed by atoms with Gasteiger partial charge in [-0.15, -0.1) is 10.2 Å². The second kappa shape index (κ2) is 8.79. The standard InChI is InChI=1S/C17H21FN4O2S2/c1-12(15(23)21(2)11-13-4-3-5-14(18)10-13)25-17-20-19-16(26-17)22-6-8-24-9-7-22/h3-5,10,12H,6-9,11H2,1-2H3. The van der Waals surface area contributed by atoms with Crippen LogP contribution in [0, 0.1) is 5.82 Å². The van der Waals surface area contributed by atoms with Crippen LogP contribution in [0.2, 0.25) is 0 Å². The number of rotatable bonds is 6. The summed E-state index contributed by atoms with van der Waals surface area (Å²) in [7, 11) is 1.73. The summed E-state index contributed by atoms with van der Waals surface area (Å²) in [6, 6.07) is 6.30. The zero-order chi connectivity index (χ0) is 18.5. The lowest BCUT2D eigenvalue weighted by Gasteiger charge is -2.25. The predicted molar refractivity (Wildman–Crippen MR) is 101 cm³/mol. The molecule has 1 fully saturated rings. The maximum atomic E-state index is 13.3. The first kappa shape index (κ1) is 19.1. The molecule has 0 bridgehead atoms. The summed E-state index contributed by atoms with van der Waals surface area (Å²) in [5.41, 5.74) is 0.767. The number of benzene rings is 1. The van der Waals surface area contributed by atoms with Crippen molar-refractivity contribution in [1.82, 2.24) is 15.1 Å². The van der Waals surface area contributed by atoms with Crippen LogP contribution in [-0.2, 0) is 16.1 Å². The van der Waals surface area contributed by atoms with Gasteiger partial charge in [-0.3, -0.25) is 4.79 Å². The second-order valence-corrected chi connectivity index (χ2v) is 8.58. The van der Waals surface area contributed by atoms with Gasteiger partial charge in [-0.25, -0.2) is 4.39 Å². The zero-order valence-electron chi connectivity index (χ0n) is 14.7. The molecule has 140 valence electrons. The third-order valence-electron chi connectivity index (χ3n) is 3.99. The number of thioether (sulfide) groups is 1. The van der Waals surface area contributed by atoms with Gasteiger partial charge in [0.25, 0.3) is 0 Å². The molecule has 9 heteroatoms. The number of carbonyl (C=O) groups is 1. The van der Waals surface area contributed by atoms with Crippen molar-refractivity contribution in [1.29, 1.82) is 0 Å². The van der Waals surface area contributed by atoms with Crippen LogP contribution in [-0.4, -0.2) is 59.6 Å². The van der Waals surface area contributed by atoms with Crippen molar-refractivity contribution >= 4 is 34.1 Å². The number of nitrogens with zero attached hydrogens (tertiary/aromatic N) is 4. The lowest BCUT2D eigenvalue weighted by Crippen LogP contribution is -2.36. The van der Waals surface area contributed by atoms with Crippen molar-refractivity contribution in [3.63, 3.8) is 0 Å². The fourth-order valence-corrected chi connectivity index (χ4v) is 4.78. The van der Waals surface area contributed by atoms with Gasteiger partial charge < -0.3 is 14.5 Å². The minimum atomic E-state index is -0.296. The van der Waals surface area contributed by atoms with Crippen molar-refractivity contribution in [2.75, 3.05) is 38.3 Å². The van der Waals surface area contributed by atoms with E-state index < -0.39 is 0 Å². The van der Waals surface area contributed by atoms with Crippen molar-refractivity contribution in [2.45, 2.75) is 23.1 Å². The molecule has 2 aromatic rings. The maximum Gasteiger partial charge on any atom is 0.235 e. The second-order valence-electron chi connectivity index (χ2n) is 6.03. The number of morpholine rings is 1. The van der Waals surface area contributed by atoms with Crippen molar-refractivity contribution in [3.05, 3.63) is 35.6 Å². The molecule has 3 rings (SSSR count). The lowest BCUT2D eigenvalue weighted by molar-refractivity contribution is -0.129. The average molecular weight is 397 g/mol. The fourth-order valence-electron chi connectivity index (χ4n) is 2.63. The van der Waals surface area contributed by atoms with Crippen molar-refractivity contribution < 1.29 is 13.9 Å². The number of hydrogen-bond donors (Lipinski definition) is 0. The number of hydrogen-bond acceptors (Lipinski definition) is 7. The molecule has 1 saturated heterocycles. The topological polar surface area (TPSA) is 58.6 Å². The van der Waals surface area contributed by atoms with E-state index in [0.717, 1.165) is 28.1 Å². The Morgan fingerprint density at radius 2 is 2.19 bits per heavy atom. The number of anilines is 1. The summed E-state index contributed by atoms with van der Waals surface area (Å²) in [5.74, 6) is -0.322. The number of carbonyl (C=O) groups excluding carboxylic acids is 1. The highest BCUT2D eigenvalue weighted by Crippen LogP contribution is 2.31. The van der Waals surface area contributed by atoms with Crippen LogP contribution in [0.1, 0.15) is 12.5 Å². The van der Waals surface area contributed by atoms with Gasteiger partial charge >= 0.3 is 0 Å². The first-order chi connectivity index (χ1) is 12.5. The average Bonchev–Trinajstić information content (AvgIpc) is 3.10. The highest BCUT2D eigenvalue weighted by molar-refractivity contribution is 8.02. The third-order valence-corrected chi connectivity index (χ3v) is 6.14. The molecular weight excluding hydrogens is 375 g/mol. The number of aromatic nitrogens is 2. The molecule has 0 saturated carbocycles. The van der Waals surface area contributed by atoms with E-state index in [0.29, 0.717) is 19.8 Å². The molecule has 1 aromatic heterocycles. The Kier molecular flexibility index (Phi) is 6.44. The normalized spacial score (nSPS) is 15.7. The monoisotopic (exact) mass is 396 g/mol. The number of ether oxygens (including phenoxy) is 1. The molecule has 1 unspecified atom stereocenters. The Morgan fingerprint density at radius 3 is 2.92 bits per heavy atom. The van der Waals surface area contributed by atoms with Gasteiger partial charge in [-0.1, -0.05) is 35.2 Å². The van der Waals surface area contributed by atoms with E-state index in [-0.39, 0.29) is 17.0 Å². The smallest absolute Gasteiger partial charge is 0.235 e. The molecular formula is C17H21FN4O2S2. The summed E-state index contributed by atoms with van der Waals surface area (Å²) in [5, 5.41) is 9.00. The van der Waals surface area contributed by atoms with Crippen LogP contribution >= 0.6 is 23.1 Å². The molecule has 1 aromatic carbocycles. The van der Waals surface area contributed by atoms with E-state index in [4.69, 9.17) is 4.74 Å². The first-order valence-corrected chi connectivity index (χ1v) is 10.0. The molecule has 26 heavy (non-hydrogen) atoms. The quantitative estimate of drug-likeness (QED) is 0.700. The molecule has 0 radical (unpaired) electrons. The lowest BCUT2D eigenvalue weighted by atomic mass is 10.2. The molecule has 0 spiro atoms. The Bertz CT molecular complexity index is 752. The van der Waals surface area contributed by atoms with E-state index in [1.165, 1.54) is 35.2 Å². The van der Waals surface area contributed by atoms with Gasteiger partial charge in [0.05, 0.1) is 18.5 Å². The van der Waals surface area contributed by atoms with Crippen LogP contribution in [0.3, 0.4) is 0 Å². The maximum absolute atomic E-state index is 13.3. The van der Waals surface area contributed by atoms with E-state index in [2.05, 4.69) is 15.1 Å². The molecule has 1 aliphatic heterocycles. The van der Waals surface area contributed by atoms with Gasteiger partial charge in [0, 0.05) is 26.7 Å². The van der Waals surface area contributed by atoms with E-state index >= 15 is 0 Å². The Morgan fingerprint density at radius 1 is 1.42 bits per heavy atom.